The number of anilines is 1. The number of likely N-dealkylation sites (N-methyl/N-ethyl adjacent to an activating group) is 1. The summed E-state index contributed by atoms with van der Waals surface area (Å²) in [4.78, 5) is 15.0. The highest BCUT2D eigenvalue weighted by Crippen LogP contribution is 2.48. The second kappa shape index (κ2) is 7.08. The highest BCUT2D eigenvalue weighted by Gasteiger charge is 2.50. The number of rotatable bonds is 7. The van der Waals surface area contributed by atoms with Gasteiger partial charge in [-0.2, -0.15) is 0 Å². The SMILES string of the molecule is CCN(CCNC(=O)C1(c2ccccc2)CC1)c1cccc(C)c1. The van der Waals surface area contributed by atoms with E-state index < -0.39 is 0 Å². The van der Waals surface area contributed by atoms with E-state index in [9.17, 15) is 4.79 Å². The van der Waals surface area contributed by atoms with Gasteiger partial charge in [0, 0.05) is 25.3 Å². The number of nitrogens with one attached hydrogen (secondary N) is 1. The van der Waals surface area contributed by atoms with Crippen molar-refractivity contribution in [3.63, 3.8) is 0 Å². The van der Waals surface area contributed by atoms with Crippen LogP contribution in [0.2, 0.25) is 0 Å². The quantitative estimate of drug-likeness (QED) is 0.843. The second-order valence-electron chi connectivity index (χ2n) is 6.62. The molecule has 3 heteroatoms. The maximum Gasteiger partial charge on any atom is 0.230 e. The molecule has 0 atom stereocenters. The first kappa shape index (κ1) is 16.6. The van der Waals surface area contributed by atoms with Crippen LogP contribution in [0.5, 0.6) is 0 Å². The van der Waals surface area contributed by atoms with Crippen LogP contribution in [0.15, 0.2) is 54.6 Å². The van der Waals surface area contributed by atoms with Crippen molar-refractivity contribution in [1.82, 2.24) is 5.32 Å². The zero-order chi connectivity index (χ0) is 17.0. The van der Waals surface area contributed by atoms with Gasteiger partial charge in [-0.1, -0.05) is 42.5 Å². The standard InChI is InChI=1S/C21H26N2O/c1-3-23(19-11-7-8-17(2)16-19)15-14-22-20(24)21(12-13-21)18-9-5-4-6-10-18/h4-11,16H,3,12-15H2,1-2H3,(H,22,24). The second-order valence-corrected chi connectivity index (χ2v) is 6.62. The first-order valence-corrected chi connectivity index (χ1v) is 8.81. The van der Waals surface area contributed by atoms with Crippen LogP contribution >= 0.6 is 0 Å². The van der Waals surface area contributed by atoms with Crippen molar-refractivity contribution in [1.29, 1.82) is 0 Å². The topological polar surface area (TPSA) is 32.3 Å². The molecule has 24 heavy (non-hydrogen) atoms. The Hall–Kier alpha value is -2.29. The van der Waals surface area contributed by atoms with E-state index in [-0.39, 0.29) is 11.3 Å². The minimum absolute atomic E-state index is 0.175. The minimum Gasteiger partial charge on any atom is -0.370 e. The van der Waals surface area contributed by atoms with Crippen molar-refractivity contribution in [2.24, 2.45) is 0 Å². The molecule has 2 aromatic rings. The van der Waals surface area contributed by atoms with Crippen molar-refractivity contribution in [3.8, 4) is 0 Å². The molecule has 0 radical (unpaired) electrons. The molecule has 1 amide bonds. The fraction of sp³-hybridized carbons (Fsp3) is 0.381. The molecule has 1 fully saturated rings. The summed E-state index contributed by atoms with van der Waals surface area (Å²) in [5.41, 5.74) is 3.35. The Morgan fingerprint density at radius 3 is 2.50 bits per heavy atom. The summed E-state index contributed by atoms with van der Waals surface area (Å²) in [6.45, 7) is 6.70. The van der Waals surface area contributed by atoms with E-state index in [0.29, 0.717) is 6.54 Å². The number of benzene rings is 2. The predicted molar refractivity (Wildman–Crippen MR) is 99.4 cm³/mol. The van der Waals surface area contributed by atoms with Gasteiger partial charge in [0.2, 0.25) is 5.91 Å². The van der Waals surface area contributed by atoms with Crippen LogP contribution in [-0.2, 0) is 10.2 Å². The first-order chi connectivity index (χ1) is 11.7. The third-order valence-electron chi connectivity index (χ3n) is 4.93. The summed E-state index contributed by atoms with van der Waals surface area (Å²) in [5, 5.41) is 3.15. The third-order valence-corrected chi connectivity index (χ3v) is 4.93. The van der Waals surface area contributed by atoms with Crippen LogP contribution in [0.4, 0.5) is 5.69 Å². The maximum absolute atomic E-state index is 12.7. The number of hydrogen-bond donors (Lipinski definition) is 1. The number of aryl methyl sites for hydroxylation is 1. The molecule has 3 nitrogen and oxygen atoms in total. The molecule has 0 unspecified atom stereocenters. The number of carbonyl (C=O) groups excluding carboxylic acids is 1. The van der Waals surface area contributed by atoms with Crippen molar-refractivity contribution >= 4 is 11.6 Å². The summed E-state index contributed by atoms with van der Waals surface area (Å²) >= 11 is 0. The Kier molecular flexibility index (Phi) is 4.89. The summed E-state index contributed by atoms with van der Waals surface area (Å²) in [6, 6.07) is 18.7. The fourth-order valence-corrected chi connectivity index (χ4v) is 3.30. The fourth-order valence-electron chi connectivity index (χ4n) is 3.30. The molecule has 2 aromatic carbocycles. The highest BCUT2D eigenvalue weighted by atomic mass is 16.2. The summed E-state index contributed by atoms with van der Waals surface area (Å²) in [5.74, 6) is 0.175. The van der Waals surface area contributed by atoms with Gasteiger partial charge in [-0.15, -0.1) is 0 Å². The molecule has 0 aliphatic heterocycles. The molecule has 0 saturated heterocycles. The lowest BCUT2D eigenvalue weighted by atomic mass is 9.95. The van der Waals surface area contributed by atoms with Gasteiger partial charge in [0.25, 0.3) is 0 Å². The van der Waals surface area contributed by atoms with Crippen LogP contribution < -0.4 is 10.2 Å². The molecule has 1 aliphatic rings. The Balaban J connectivity index is 1.57. The van der Waals surface area contributed by atoms with Crippen molar-refractivity contribution in [3.05, 3.63) is 65.7 Å². The maximum atomic E-state index is 12.7. The van der Waals surface area contributed by atoms with Crippen molar-refractivity contribution in [2.45, 2.75) is 32.1 Å². The van der Waals surface area contributed by atoms with E-state index >= 15 is 0 Å². The van der Waals surface area contributed by atoms with E-state index in [1.165, 1.54) is 11.3 Å². The smallest absolute Gasteiger partial charge is 0.230 e. The van der Waals surface area contributed by atoms with E-state index in [4.69, 9.17) is 0 Å². The molecular weight excluding hydrogens is 296 g/mol. The zero-order valence-corrected chi connectivity index (χ0v) is 14.6. The Morgan fingerprint density at radius 1 is 1.12 bits per heavy atom. The van der Waals surface area contributed by atoms with Gasteiger partial charge < -0.3 is 10.2 Å². The van der Waals surface area contributed by atoms with E-state index in [1.54, 1.807) is 0 Å². The van der Waals surface area contributed by atoms with E-state index in [0.717, 1.165) is 31.5 Å². The summed E-state index contributed by atoms with van der Waals surface area (Å²) < 4.78 is 0. The number of carbonyl (C=O) groups is 1. The molecule has 0 spiro atoms. The predicted octanol–water partition coefficient (Wildman–Crippen LogP) is 3.67. The normalized spacial score (nSPS) is 14.9. The lowest BCUT2D eigenvalue weighted by Crippen LogP contribution is -2.40. The number of nitrogens with zero attached hydrogens (tertiary/aromatic N) is 1. The monoisotopic (exact) mass is 322 g/mol. The Bertz CT molecular complexity index is 692. The van der Waals surface area contributed by atoms with Gasteiger partial charge in [-0.25, -0.2) is 0 Å². The third kappa shape index (κ3) is 3.45. The number of hydrogen-bond acceptors (Lipinski definition) is 2. The lowest BCUT2D eigenvalue weighted by molar-refractivity contribution is -0.123. The molecule has 0 aromatic heterocycles. The van der Waals surface area contributed by atoms with Crippen LogP contribution in [0.3, 0.4) is 0 Å². The molecule has 1 N–H and O–H groups in total. The first-order valence-electron chi connectivity index (χ1n) is 8.81. The highest BCUT2D eigenvalue weighted by molar-refractivity contribution is 5.91. The Labute approximate surface area is 144 Å². The number of amides is 1. The molecule has 1 aliphatic carbocycles. The van der Waals surface area contributed by atoms with Crippen molar-refractivity contribution < 1.29 is 4.79 Å². The average Bonchev–Trinajstić information content (AvgIpc) is 3.41. The van der Waals surface area contributed by atoms with Gasteiger partial charge in [0.15, 0.2) is 0 Å². The largest absolute Gasteiger partial charge is 0.370 e. The van der Waals surface area contributed by atoms with Crippen molar-refractivity contribution in [2.75, 3.05) is 24.5 Å². The van der Waals surface area contributed by atoms with Crippen LogP contribution in [0, 0.1) is 6.92 Å². The average molecular weight is 322 g/mol. The molecule has 0 bridgehead atoms. The molecular formula is C21H26N2O. The minimum atomic E-state index is -0.276. The van der Waals surface area contributed by atoms with Gasteiger partial charge in [-0.05, 0) is 49.9 Å². The van der Waals surface area contributed by atoms with Gasteiger partial charge in [0.1, 0.15) is 0 Å². The van der Waals surface area contributed by atoms with E-state index in [1.807, 2.05) is 18.2 Å². The Morgan fingerprint density at radius 2 is 1.88 bits per heavy atom. The molecule has 0 heterocycles. The lowest BCUT2D eigenvalue weighted by Gasteiger charge is -2.24. The zero-order valence-electron chi connectivity index (χ0n) is 14.6. The van der Waals surface area contributed by atoms with Crippen LogP contribution in [0.25, 0.3) is 0 Å². The van der Waals surface area contributed by atoms with Gasteiger partial charge in [-0.3, -0.25) is 4.79 Å². The summed E-state index contributed by atoms with van der Waals surface area (Å²) in [7, 11) is 0. The van der Waals surface area contributed by atoms with E-state index in [2.05, 4.69) is 60.5 Å². The van der Waals surface area contributed by atoms with Gasteiger partial charge >= 0.3 is 0 Å². The van der Waals surface area contributed by atoms with Crippen LogP contribution in [0.1, 0.15) is 30.9 Å². The molecule has 1 saturated carbocycles. The van der Waals surface area contributed by atoms with Gasteiger partial charge in [0.05, 0.1) is 5.41 Å². The molecule has 126 valence electrons. The van der Waals surface area contributed by atoms with Crippen LogP contribution in [-0.4, -0.2) is 25.5 Å². The molecule has 3 rings (SSSR count). The summed E-state index contributed by atoms with van der Waals surface area (Å²) in [6.07, 6.45) is 1.91.